The third-order valence-electron chi connectivity index (χ3n) is 1.83. The molecule has 0 aliphatic rings. The number of aromatic nitrogens is 3. The standard InChI is InChI=1S/C8H7IN4O2/c1-13-7-5(6(9)12-13)2-4(3-11-7)15-8(10)14/h2-3H,1H3,(H2,10,14). The van der Waals surface area contributed by atoms with Crippen molar-refractivity contribution < 1.29 is 9.53 Å². The smallest absolute Gasteiger partial charge is 0.409 e. The molecular weight excluding hydrogens is 311 g/mol. The van der Waals surface area contributed by atoms with Crippen LogP contribution in [0, 0.1) is 3.70 Å². The van der Waals surface area contributed by atoms with E-state index < -0.39 is 6.09 Å². The van der Waals surface area contributed by atoms with Gasteiger partial charge >= 0.3 is 6.09 Å². The largest absolute Gasteiger partial charge is 0.410 e. The Kier molecular flexibility index (Phi) is 2.47. The Hall–Kier alpha value is -1.38. The zero-order valence-corrected chi connectivity index (χ0v) is 9.93. The van der Waals surface area contributed by atoms with Gasteiger partial charge in [0.1, 0.15) is 3.70 Å². The molecule has 0 aromatic carbocycles. The molecule has 15 heavy (non-hydrogen) atoms. The molecular formula is C8H7IN4O2. The normalized spacial score (nSPS) is 10.5. The molecule has 2 rings (SSSR count). The van der Waals surface area contributed by atoms with E-state index in [0.29, 0.717) is 5.75 Å². The van der Waals surface area contributed by atoms with Gasteiger partial charge in [-0.3, -0.25) is 0 Å². The second kappa shape index (κ2) is 3.65. The topological polar surface area (TPSA) is 83.0 Å². The third-order valence-corrected chi connectivity index (χ3v) is 2.62. The highest BCUT2D eigenvalue weighted by molar-refractivity contribution is 14.1. The van der Waals surface area contributed by atoms with Crippen LogP contribution in [-0.4, -0.2) is 20.9 Å². The Bertz CT molecular complexity index is 537. The van der Waals surface area contributed by atoms with Gasteiger partial charge in [-0.05, 0) is 28.7 Å². The summed E-state index contributed by atoms with van der Waals surface area (Å²) < 4.78 is 7.18. The predicted octanol–water partition coefficient (Wildman–Crippen LogP) is 1.03. The number of fused-ring (bicyclic) bond motifs is 1. The van der Waals surface area contributed by atoms with Crippen LogP contribution >= 0.6 is 22.6 Å². The number of aryl methyl sites for hydroxylation is 1. The van der Waals surface area contributed by atoms with E-state index in [1.165, 1.54) is 6.20 Å². The molecule has 2 heterocycles. The summed E-state index contributed by atoms with van der Waals surface area (Å²) in [4.78, 5) is 14.7. The van der Waals surface area contributed by atoms with Crippen LogP contribution in [0.4, 0.5) is 4.79 Å². The van der Waals surface area contributed by atoms with E-state index in [9.17, 15) is 4.79 Å². The monoisotopic (exact) mass is 318 g/mol. The zero-order valence-electron chi connectivity index (χ0n) is 7.77. The fourth-order valence-corrected chi connectivity index (χ4v) is 1.97. The minimum absolute atomic E-state index is 0.320. The van der Waals surface area contributed by atoms with Crippen LogP contribution in [0.25, 0.3) is 11.0 Å². The summed E-state index contributed by atoms with van der Waals surface area (Å²) in [5.74, 6) is 0.320. The molecule has 0 fully saturated rings. The number of hydrogen-bond donors (Lipinski definition) is 1. The molecule has 78 valence electrons. The molecule has 2 aromatic heterocycles. The lowest BCUT2D eigenvalue weighted by Crippen LogP contribution is -2.16. The van der Waals surface area contributed by atoms with Crippen LogP contribution in [0.5, 0.6) is 5.75 Å². The summed E-state index contributed by atoms with van der Waals surface area (Å²) in [6, 6.07) is 1.68. The van der Waals surface area contributed by atoms with Crippen LogP contribution in [0.15, 0.2) is 12.3 Å². The fraction of sp³-hybridized carbons (Fsp3) is 0.125. The van der Waals surface area contributed by atoms with Crippen molar-refractivity contribution in [2.24, 2.45) is 12.8 Å². The quantitative estimate of drug-likeness (QED) is 0.796. The Morgan fingerprint density at radius 3 is 3.07 bits per heavy atom. The molecule has 2 N–H and O–H groups in total. The molecule has 0 spiro atoms. The van der Waals surface area contributed by atoms with Crippen molar-refractivity contribution in [1.82, 2.24) is 14.8 Å². The summed E-state index contributed by atoms with van der Waals surface area (Å²) in [6.07, 6.45) is 0.584. The SMILES string of the molecule is Cn1nc(I)c2cc(OC(N)=O)cnc21. The maximum atomic E-state index is 10.5. The number of nitrogens with zero attached hydrogens (tertiary/aromatic N) is 3. The van der Waals surface area contributed by atoms with E-state index in [2.05, 4.69) is 32.7 Å². The van der Waals surface area contributed by atoms with E-state index in [1.807, 2.05) is 0 Å². The first kappa shape index (κ1) is 10.1. The molecule has 7 heteroatoms. The lowest BCUT2D eigenvalue weighted by atomic mass is 10.3. The summed E-state index contributed by atoms with van der Waals surface area (Å²) >= 11 is 2.09. The van der Waals surface area contributed by atoms with Crippen molar-refractivity contribution in [3.63, 3.8) is 0 Å². The highest BCUT2D eigenvalue weighted by atomic mass is 127. The van der Waals surface area contributed by atoms with E-state index in [0.717, 1.165) is 14.7 Å². The van der Waals surface area contributed by atoms with E-state index in [4.69, 9.17) is 10.5 Å². The van der Waals surface area contributed by atoms with E-state index in [-0.39, 0.29) is 0 Å². The second-order valence-corrected chi connectivity index (χ2v) is 3.90. The van der Waals surface area contributed by atoms with E-state index >= 15 is 0 Å². The summed E-state index contributed by atoms with van der Waals surface area (Å²) in [5.41, 5.74) is 5.63. The highest BCUT2D eigenvalue weighted by Gasteiger charge is 2.09. The number of carbonyl (C=O) groups is 1. The van der Waals surface area contributed by atoms with Gasteiger partial charge in [0, 0.05) is 7.05 Å². The Morgan fingerprint density at radius 2 is 2.40 bits per heavy atom. The number of ether oxygens (including phenoxy) is 1. The summed E-state index contributed by atoms with van der Waals surface area (Å²) in [6.45, 7) is 0. The lowest BCUT2D eigenvalue weighted by Gasteiger charge is -1.99. The minimum Gasteiger partial charge on any atom is -0.409 e. The first-order chi connectivity index (χ1) is 7.08. The number of hydrogen-bond acceptors (Lipinski definition) is 4. The van der Waals surface area contributed by atoms with Crippen LogP contribution in [0.2, 0.25) is 0 Å². The number of rotatable bonds is 1. The van der Waals surface area contributed by atoms with Gasteiger partial charge in [0.2, 0.25) is 0 Å². The van der Waals surface area contributed by atoms with Crippen molar-refractivity contribution in [2.45, 2.75) is 0 Å². The molecule has 0 aliphatic carbocycles. The zero-order chi connectivity index (χ0) is 11.0. The Labute approximate surface area is 98.5 Å². The molecule has 0 unspecified atom stereocenters. The van der Waals surface area contributed by atoms with Gasteiger partial charge < -0.3 is 10.5 Å². The molecule has 0 saturated heterocycles. The minimum atomic E-state index is -0.852. The number of amides is 1. The number of primary amides is 1. The molecule has 6 nitrogen and oxygen atoms in total. The van der Waals surface area contributed by atoms with E-state index in [1.54, 1.807) is 17.8 Å². The van der Waals surface area contributed by atoms with Crippen molar-refractivity contribution in [2.75, 3.05) is 0 Å². The van der Waals surface area contributed by atoms with Crippen LogP contribution in [-0.2, 0) is 7.05 Å². The van der Waals surface area contributed by atoms with Gasteiger partial charge in [0.15, 0.2) is 11.4 Å². The average Bonchev–Trinajstić information content (AvgIpc) is 2.41. The number of pyridine rings is 1. The molecule has 0 bridgehead atoms. The number of carbonyl (C=O) groups excluding carboxylic acids is 1. The number of nitrogens with two attached hydrogens (primary N) is 1. The van der Waals surface area contributed by atoms with Gasteiger partial charge in [-0.1, -0.05) is 0 Å². The summed E-state index contributed by atoms with van der Waals surface area (Å²) in [5, 5.41) is 5.01. The first-order valence-electron chi connectivity index (χ1n) is 4.03. The summed E-state index contributed by atoms with van der Waals surface area (Å²) in [7, 11) is 1.80. The van der Waals surface area contributed by atoms with Crippen molar-refractivity contribution in [3.8, 4) is 5.75 Å². The van der Waals surface area contributed by atoms with Gasteiger partial charge in [-0.25, -0.2) is 14.5 Å². The van der Waals surface area contributed by atoms with Crippen molar-refractivity contribution in [1.29, 1.82) is 0 Å². The van der Waals surface area contributed by atoms with Gasteiger partial charge in [0.25, 0.3) is 0 Å². The van der Waals surface area contributed by atoms with Crippen LogP contribution in [0.1, 0.15) is 0 Å². The molecule has 0 atom stereocenters. The predicted molar refractivity (Wildman–Crippen MR) is 61.4 cm³/mol. The van der Waals surface area contributed by atoms with Crippen LogP contribution < -0.4 is 10.5 Å². The number of halogens is 1. The van der Waals surface area contributed by atoms with Crippen molar-refractivity contribution in [3.05, 3.63) is 16.0 Å². The van der Waals surface area contributed by atoms with Gasteiger partial charge in [-0.2, -0.15) is 5.10 Å². The Balaban J connectivity index is 2.55. The highest BCUT2D eigenvalue weighted by Crippen LogP contribution is 2.22. The average molecular weight is 318 g/mol. The molecule has 2 aromatic rings. The lowest BCUT2D eigenvalue weighted by molar-refractivity contribution is 0.211. The molecule has 0 saturated carbocycles. The maximum absolute atomic E-state index is 10.5. The first-order valence-corrected chi connectivity index (χ1v) is 5.11. The molecule has 0 aliphatic heterocycles. The maximum Gasteiger partial charge on any atom is 0.410 e. The fourth-order valence-electron chi connectivity index (χ4n) is 1.25. The van der Waals surface area contributed by atoms with Gasteiger partial charge in [0.05, 0.1) is 11.6 Å². The van der Waals surface area contributed by atoms with Crippen LogP contribution in [0.3, 0.4) is 0 Å². The second-order valence-electron chi connectivity index (χ2n) is 2.88. The van der Waals surface area contributed by atoms with Crippen molar-refractivity contribution >= 4 is 39.7 Å². The third kappa shape index (κ3) is 1.87. The van der Waals surface area contributed by atoms with Gasteiger partial charge in [-0.15, -0.1) is 0 Å². The molecule has 1 amide bonds. The molecule has 0 radical (unpaired) electrons. The Morgan fingerprint density at radius 1 is 1.67 bits per heavy atom.